The molecule has 2 aromatic rings. The summed E-state index contributed by atoms with van der Waals surface area (Å²) >= 11 is 0. The number of benzene rings is 1. The predicted molar refractivity (Wildman–Crippen MR) is 95.0 cm³/mol. The van der Waals surface area contributed by atoms with Crippen molar-refractivity contribution in [3.05, 3.63) is 65.0 Å². The van der Waals surface area contributed by atoms with E-state index in [1.165, 1.54) is 0 Å². The minimum absolute atomic E-state index is 0.0125. The first-order valence-corrected chi connectivity index (χ1v) is 8.13. The van der Waals surface area contributed by atoms with Crippen molar-refractivity contribution in [3.8, 4) is 12.3 Å². The van der Waals surface area contributed by atoms with Crippen LogP contribution in [0.25, 0.3) is 0 Å². The number of nitrogens with one attached hydrogen (secondary N) is 1. The van der Waals surface area contributed by atoms with E-state index in [2.05, 4.69) is 16.2 Å². The topological polar surface area (TPSA) is 62.3 Å². The highest BCUT2D eigenvalue weighted by molar-refractivity contribution is 5.95. The van der Waals surface area contributed by atoms with Gasteiger partial charge in [0.1, 0.15) is 0 Å². The van der Waals surface area contributed by atoms with E-state index < -0.39 is 0 Å². The largest absolute Gasteiger partial charge is 0.341 e. The molecule has 0 bridgehead atoms. The van der Waals surface area contributed by atoms with Gasteiger partial charge in [-0.05, 0) is 48.2 Å². The van der Waals surface area contributed by atoms with Gasteiger partial charge in [-0.25, -0.2) is 0 Å². The molecule has 0 aliphatic heterocycles. The minimum atomic E-state index is -0.176. The lowest BCUT2D eigenvalue weighted by Gasteiger charge is -2.25. The van der Waals surface area contributed by atoms with Crippen LogP contribution in [-0.2, 0) is 6.42 Å². The molecule has 1 N–H and O–H groups in total. The Morgan fingerprint density at radius 1 is 1.28 bits per heavy atom. The van der Waals surface area contributed by atoms with Gasteiger partial charge in [-0.1, -0.05) is 12.0 Å². The van der Waals surface area contributed by atoms with Crippen LogP contribution in [-0.4, -0.2) is 35.3 Å². The van der Waals surface area contributed by atoms with Crippen molar-refractivity contribution >= 4 is 11.8 Å². The van der Waals surface area contributed by atoms with E-state index in [0.29, 0.717) is 11.1 Å². The molecule has 2 amide bonds. The van der Waals surface area contributed by atoms with Gasteiger partial charge in [-0.15, -0.1) is 6.42 Å². The molecule has 0 radical (unpaired) electrons. The van der Waals surface area contributed by atoms with Crippen LogP contribution >= 0.6 is 0 Å². The van der Waals surface area contributed by atoms with Gasteiger partial charge in [-0.3, -0.25) is 14.6 Å². The van der Waals surface area contributed by atoms with Gasteiger partial charge in [-0.2, -0.15) is 0 Å². The maximum absolute atomic E-state index is 12.7. The summed E-state index contributed by atoms with van der Waals surface area (Å²) in [7, 11) is 1.82. The SMILES string of the molecule is C#CCNC(=O)c1ccc2c(c1)CCC2N(C)C(=O)c1ccncc1. The standard InChI is InChI=1S/C20H19N3O2/c1-3-10-22-19(24)16-4-6-17-15(13-16)5-7-18(17)23(2)20(25)14-8-11-21-12-9-14/h1,4,6,8-9,11-13,18H,5,7,10H2,2H3,(H,22,24). The highest BCUT2D eigenvalue weighted by Gasteiger charge is 2.29. The third-order valence-electron chi connectivity index (χ3n) is 4.52. The number of amides is 2. The second-order valence-corrected chi connectivity index (χ2v) is 6.01. The van der Waals surface area contributed by atoms with Crippen LogP contribution in [0, 0.1) is 12.3 Å². The second-order valence-electron chi connectivity index (χ2n) is 6.01. The smallest absolute Gasteiger partial charge is 0.254 e. The number of terminal acetylenes is 1. The maximum atomic E-state index is 12.7. The van der Waals surface area contributed by atoms with Crippen molar-refractivity contribution < 1.29 is 9.59 Å². The molecule has 0 saturated carbocycles. The van der Waals surface area contributed by atoms with Crippen molar-refractivity contribution in [1.29, 1.82) is 0 Å². The lowest BCUT2D eigenvalue weighted by Crippen LogP contribution is -2.30. The van der Waals surface area contributed by atoms with E-state index in [-0.39, 0.29) is 24.4 Å². The zero-order valence-corrected chi connectivity index (χ0v) is 14.0. The molecule has 25 heavy (non-hydrogen) atoms. The average Bonchev–Trinajstić information content (AvgIpc) is 3.08. The molecule has 0 spiro atoms. The maximum Gasteiger partial charge on any atom is 0.254 e. The van der Waals surface area contributed by atoms with Crippen LogP contribution in [0.15, 0.2) is 42.7 Å². The van der Waals surface area contributed by atoms with Crippen molar-refractivity contribution in [3.63, 3.8) is 0 Å². The van der Waals surface area contributed by atoms with Gasteiger partial charge in [0.2, 0.25) is 0 Å². The lowest BCUT2D eigenvalue weighted by atomic mass is 10.0. The number of nitrogens with zero attached hydrogens (tertiary/aromatic N) is 2. The van der Waals surface area contributed by atoms with E-state index in [0.717, 1.165) is 24.0 Å². The number of aromatic nitrogens is 1. The first-order chi connectivity index (χ1) is 12.1. The third-order valence-corrected chi connectivity index (χ3v) is 4.52. The zero-order chi connectivity index (χ0) is 17.8. The van der Waals surface area contributed by atoms with Crippen molar-refractivity contribution in [1.82, 2.24) is 15.2 Å². The van der Waals surface area contributed by atoms with Crippen molar-refractivity contribution in [2.75, 3.05) is 13.6 Å². The van der Waals surface area contributed by atoms with Gasteiger partial charge < -0.3 is 10.2 Å². The summed E-state index contributed by atoms with van der Waals surface area (Å²) in [5.74, 6) is 2.18. The number of rotatable bonds is 4. The first-order valence-electron chi connectivity index (χ1n) is 8.13. The molecule has 126 valence electrons. The molecule has 5 nitrogen and oxygen atoms in total. The van der Waals surface area contributed by atoms with E-state index in [1.807, 2.05) is 19.2 Å². The Morgan fingerprint density at radius 3 is 2.76 bits per heavy atom. The van der Waals surface area contributed by atoms with Crippen LogP contribution in [0.4, 0.5) is 0 Å². The number of fused-ring (bicyclic) bond motifs is 1. The predicted octanol–water partition coefficient (Wildman–Crippen LogP) is 2.20. The molecular weight excluding hydrogens is 314 g/mol. The van der Waals surface area contributed by atoms with E-state index in [4.69, 9.17) is 6.42 Å². The van der Waals surface area contributed by atoms with Gasteiger partial charge in [0.25, 0.3) is 11.8 Å². The second kappa shape index (κ2) is 7.18. The number of carbonyl (C=O) groups excluding carboxylic acids is 2. The molecule has 5 heteroatoms. The molecule has 1 unspecified atom stereocenters. The third kappa shape index (κ3) is 3.38. The molecule has 1 aromatic carbocycles. The number of hydrogen-bond donors (Lipinski definition) is 1. The molecule has 1 atom stereocenters. The molecule has 1 aromatic heterocycles. The molecule has 0 saturated heterocycles. The summed E-state index contributed by atoms with van der Waals surface area (Å²) in [6.45, 7) is 0.210. The van der Waals surface area contributed by atoms with E-state index in [1.54, 1.807) is 35.5 Å². The van der Waals surface area contributed by atoms with E-state index in [9.17, 15) is 9.59 Å². The normalized spacial score (nSPS) is 15.1. The molecule has 0 fully saturated rings. The quantitative estimate of drug-likeness (QED) is 0.873. The monoisotopic (exact) mass is 333 g/mol. The fourth-order valence-electron chi connectivity index (χ4n) is 3.21. The highest BCUT2D eigenvalue weighted by Crippen LogP contribution is 2.36. The Bertz CT molecular complexity index is 840. The fraction of sp³-hybridized carbons (Fsp3) is 0.250. The van der Waals surface area contributed by atoms with Crippen LogP contribution in [0.2, 0.25) is 0 Å². The Balaban J connectivity index is 1.79. The molecule has 3 rings (SSSR count). The summed E-state index contributed by atoms with van der Waals surface area (Å²) in [5.41, 5.74) is 3.42. The highest BCUT2D eigenvalue weighted by atomic mass is 16.2. The van der Waals surface area contributed by atoms with Gasteiger partial charge in [0.15, 0.2) is 0 Å². The first kappa shape index (κ1) is 16.7. The summed E-state index contributed by atoms with van der Waals surface area (Å²) in [6, 6.07) is 9.06. The molecule has 1 aliphatic carbocycles. The summed E-state index contributed by atoms with van der Waals surface area (Å²) in [6.07, 6.45) is 10.1. The summed E-state index contributed by atoms with van der Waals surface area (Å²) in [5, 5.41) is 2.67. The zero-order valence-electron chi connectivity index (χ0n) is 14.0. The Hall–Kier alpha value is -3.13. The van der Waals surface area contributed by atoms with Gasteiger partial charge in [0.05, 0.1) is 12.6 Å². The van der Waals surface area contributed by atoms with Gasteiger partial charge >= 0.3 is 0 Å². The summed E-state index contributed by atoms with van der Waals surface area (Å²) in [4.78, 5) is 30.4. The molecule has 1 aliphatic rings. The van der Waals surface area contributed by atoms with Gasteiger partial charge in [0, 0.05) is 30.6 Å². The lowest BCUT2D eigenvalue weighted by molar-refractivity contribution is 0.0730. The van der Waals surface area contributed by atoms with Crippen LogP contribution in [0.1, 0.15) is 44.3 Å². The van der Waals surface area contributed by atoms with Crippen LogP contribution < -0.4 is 5.32 Å². The van der Waals surface area contributed by atoms with E-state index >= 15 is 0 Å². The van der Waals surface area contributed by atoms with Crippen LogP contribution in [0.3, 0.4) is 0 Å². The number of aryl methyl sites for hydroxylation is 1. The number of pyridine rings is 1. The van der Waals surface area contributed by atoms with Crippen molar-refractivity contribution in [2.24, 2.45) is 0 Å². The Kier molecular flexibility index (Phi) is 4.80. The molecule has 1 heterocycles. The van der Waals surface area contributed by atoms with Crippen LogP contribution in [0.5, 0.6) is 0 Å². The average molecular weight is 333 g/mol. The minimum Gasteiger partial charge on any atom is -0.341 e. The Labute approximate surface area is 147 Å². The molecular formula is C20H19N3O2. The fourth-order valence-corrected chi connectivity index (χ4v) is 3.21. The Morgan fingerprint density at radius 2 is 2.04 bits per heavy atom. The van der Waals surface area contributed by atoms with Crippen molar-refractivity contribution in [2.45, 2.75) is 18.9 Å². The number of hydrogen-bond acceptors (Lipinski definition) is 3. The number of carbonyl (C=O) groups is 2. The summed E-state index contributed by atoms with van der Waals surface area (Å²) < 4.78 is 0.